The number of alkyl halides is 1. The molecule has 0 N–H and O–H groups in total. The molecule has 1 unspecified atom stereocenters. The third kappa shape index (κ3) is 3.40. The molecule has 0 aromatic heterocycles. The first-order valence-corrected chi connectivity index (χ1v) is 8.24. The van der Waals surface area contributed by atoms with E-state index in [1.807, 2.05) is 6.07 Å². The first-order chi connectivity index (χ1) is 9.43. The van der Waals surface area contributed by atoms with Crippen molar-refractivity contribution in [3.8, 4) is 5.75 Å². The van der Waals surface area contributed by atoms with Crippen LogP contribution in [0.1, 0.15) is 16.5 Å². The van der Waals surface area contributed by atoms with Crippen LogP contribution < -0.4 is 4.74 Å². The fraction of sp³-hybridized carbons (Fsp3) is 0.143. The Labute approximate surface area is 148 Å². The molecule has 6 heteroatoms. The second kappa shape index (κ2) is 6.81. The molecule has 1 nitrogen and oxygen atoms in total. The normalized spacial score (nSPS) is 12.3. The molecule has 0 amide bonds. The Balaban J connectivity index is 2.55. The van der Waals surface area contributed by atoms with Crippen LogP contribution in [0.4, 0.5) is 4.39 Å². The number of hydrogen-bond donors (Lipinski definition) is 0. The fourth-order valence-corrected chi connectivity index (χ4v) is 3.52. The van der Waals surface area contributed by atoms with Gasteiger partial charge in [0.05, 0.1) is 17.0 Å². The summed E-state index contributed by atoms with van der Waals surface area (Å²) < 4.78 is 20.1. The van der Waals surface area contributed by atoms with Crippen LogP contribution in [0.15, 0.2) is 34.8 Å². The average Bonchev–Trinajstić information content (AvgIpc) is 2.43. The molecule has 1 atom stereocenters. The molecule has 0 aliphatic heterocycles. The van der Waals surface area contributed by atoms with Gasteiger partial charge in [0.25, 0.3) is 0 Å². The van der Waals surface area contributed by atoms with E-state index in [0.717, 1.165) is 9.13 Å². The van der Waals surface area contributed by atoms with E-state index in [1.165, 1.54) is 13.2 Å². The van der Waals surface area contributed by atoms with Crippen LogP contribution in [0.5, 0.6) is 5.75 Å². The first-order valence-electron chi connectivity index (χ1n) is 5.56. The van der Waals surface area contributed by atoms with E-state index >= 15 is 0 Å². The minimum Gasteiger partial charge on any atom is -0.496 e. The minimum absolute atomic E-state index is 0.344. The highest BCUT2D eigenvalue weighted by atomic mass is 127. The molecular formula is C14H9BrCl2FIO. The zero-order valence-corrected chi connectivity index (χ0v) is 15.5. The predicted octanol–water partition coefficient (Wildman–Crippen LogP) is 6.18. The van der Waals surface area contributed by atoms with E-state index in [-0.39, 0.29) is 0 Å². The molecule has 106 valence electrons. The average molecular weight is 490 g/mol. The molecule has 2 aromatic rings. The first kappa shape index (κ1) is 16.3. The summed E-state index contributed by atoms with van der Waals surface area (Å²) >= 11 is 17.9. The summed E-state index contributed by atoms with van der Waals surface area (Å²) in [5.74, 6) is 0.0109. The van der Waals surface area contributed by atoms with Crippen molar-refractivity contribution in [2.24, 2.45) is 0 Å². The lowest BCUT2D eigenvalue weighted by atomic mass is 10.0. The summed E-state index contributed by atoms with van der Waals surface area (Å²) in [5, 5.41) is 0.124. The molecule has 0 fully saturated rings. The molecular weight excluding hydrogens is 481 g/mol. The molecule has 0 spiro atoms. The van der Waals surface area contributed by atoms with Gasteiger partial charge in [0.1, 0.15) is 11.6 Å². The largest absolute Gasteiger partial charge is 0.496 e. The molecule has 20 heavy (non-hydrogen) atoms. The van der Waals surface area contributed by atoms with Gasteiger partial charge in [-0.25, -0.2) is 4.39 Å². The Morgan fingerprint density at radius 2 is 1.95 bits per heavy atom. The quantitative estimate of drug-likeness (QED) is 0.369. The molecule has 2 aromatic carbocycles. The number of rotatable bonds is 3. The van der Waals surface area contributed by atoms with Crippen LogP contribution in [0.25, 0.3) is 0 Å². The molecule has 0 radical (unpaired) electrons. The molecule has 0 saturated carbocycles. The van der Waals surface area contributed by atoms with E-state index < -0.39 is 11.2 Å². The number of hydrogen-bond acceptors (Lipinski definition) is 1. The van der Waals surface area contributed by atoms with Crippen molar-refractivity contribution in [2.75, 3.05) is 7.11 Å². The summed E-state index contributed by atoms with van der Waals surface area (Å²) in [5.41, 5.74) is 1.54. The summed E-state index contributed by atoms with van der Waals surface area (Å²) in [6.45, 7) is 0. The third-order valence-electron chi connectivity index (χ3n) is 2.78. The van der Waals surface area contributed by atoms with Crippen LogP contribution in [0, 0.1) is 9.39 Å². The lowest BCUT2D eigenvalue weighted by Crippen LogP contribution is -2.01. The van der Waals surface area contributed by atoms with Crippen molar-refractivity contribution < 1.29 is 9.13 Å². The van der Waals surface area contributed by atoms with Crippen molar-refractivity contribution >= 4 is 61.7 Å². The zero-order chi connectivity index (χ0) is 14.9. The van der Waals surface area contributed by atoms with E-state index in [4.69, 9.17) is 27.9 Å². The van der Waals surface area contributed by atoms with E-state index in [0.29, 0.717) is 20.8 Å². The number of methoxy groups -OCH3 is 1. The summed E-state index contributed by atoms with van der Waals surface area (Å²) in [6.07, 6.45) is 0. The maximum atomic E-state index is 13.6. The molecule has 2 rings (SSSR count). The minimum atomic E-state index is -0.479. The van der Waals surface area contributed by atoms with Crippen molar-refractivity contribution in [2.45, 2.75) is 5.38 Å². The molecule has 0 bridgehead atoms. The number of ether oxygens (including phenoxy) is 1. The van der Waals surface area contributed by atoms with E-state index in [1.54, 1.807) is 18.2 Å². The van der Waals surface area contributed by atoms with Gasteiger partial charge in [-0.2, -0.15) is 0 Å². The van der Waals surface area contributed by atoms with Crippen molar-refractivity contribution in [3.05, 3.63) is 60.3 Å². The predicted molar refractivity (Wildman–Crippen MR) is 92.5 cm³/mol. The summed E-state index contributed by atoms with van der Waals surface area (Å²) in [4.78, 5) is 0. The van der Waals surface area contributed by atoms with Crippen molar-refractivity contribution in [3.63, 3.8) is 0 Å². The second-order valence-electron chi connectivity index (χ2n) is 4.04. The maximum Gasteiger partial charge on any atom is 0.141 e. The van der Waals surface area contributed by atoms with E-state index in [9.17, 15) is 4.39 Å². The fourth-order valence-electron chi connectivity index (χ4n) is 1.80. The highest BCUT2D eigenvalue weighted by Gasteiger charge is 2.20. The smallest absolute Gasteiger partial charge is 0.141 e. The Morgan fingerprint density at radius 1 is 1.25 bits per heavy atom. The second-order valence-corrected chi connectivity index (χ2v) is 6.93. The lowest BCUT2D eigenvalue weighted by molar-refractivity contribution is 0.406. The number of halogens is 5. The standard InChI is InChI=1S/C14H9BrCl2FIO/c1-20-13-6-11(18)10(15)5-9(13)14(17)8-4-7(16)2-3-12(8)19/h2-6,14H,1H3. The van der Waals surface area contributed by atoms with Gasteiger partial charge in [-0.05, 0) is 68.3 Å². The molecule has 0 heterocycles. The molecule has 0 aliphatic rings. The van der Waals surface area contributed by atoms with Crippen LogP contribution in [0.2, 0.25) is 5.02 Å². The van der Waals surface area contributed by atoms with Gasteiger partial charge >= 0.3 is 0 Å². The van der Waals surface area contributed by atoms with E-state index in [2.05, 4.69) is 38.5 Å². The highest BCUT2D eigenvalue weighted by molar-refractivity contribution is 14.1. The Hall–Kier alpha value is -0.0400. The van der Waals surface area contributed by atoms with Crippen molar-refractivity contribution in [1.82, 2.24) is 0 Å². The SMILES string of the molecule is COc1cc(F)c(Br)cc1C(Cl)c1cc(Cl)ccc1I. The van der Waals surface area contributed by atoms with Crippen LogP contribution in [-0.4, -0.2) is 7.11 Å². The Morgan fingerprint density at radius 3 is 2.60 bits per heavy atom. The topological polar surface area (TPSA) is 9.23 Å². The molecule has 0 aliphatic carbocycles. The Kier molecular flexibility index (Phi) is 5.56. The van der Waals surface area contributed by atoms with Crippen LogP contribution in [0.3, 0.4) is 0 Å². The monoisotopic (exact) mass is 488 g/mol. The van der Waals surface area contributed by atoms with Gasteiger partial charge in [-0.1, -0.05) is 11.6 Å². The van der Waals surface area contributed by atoms with Gasteiger partial charge < -0.3 is 4.74 Å². The van der Waals surface area contributed by atoms with Gasteiger partial charge in [-0.3, -0.25) is 0 Å². The van der Waals surface area contributed by atoms with Gasteiger partial charge in [0.15, 0.2) is 0 Å². The maximum absolute atomic E-state index is 13.6. The zero-order valence-electron chi connectivity index (χ0n) is 10.3. The number of benzene rings is 2. The van der Waals surface area contributed by atoms with Gasteiger partial charge in [-0.15, -0.1) is 11.6 Å². The van der Waals surface area contributed by atoms with Crippen LogP contribution >= 0.6 is 61.7 Å². The lowest BCUT2D eigenvalue weighted by Gasteiger charge is -2.17. The van der Waals surface area contributed by atoms with Crippen LogP contribution in [-0.2, 0) is 0 Å². The van der Waals surface area contributed by atoms with Gasteiger partial charge in [0.2, 0.25) is 0 Å². The summed E-state index contributed by atoms with van der Waals surface area (Å²) in [7, 11) is 1.48. The third-order valence-corrected chi connectivity index (χ3v) is 5.07. The van der Waals surface area contributed by atoms with Crippen molar-refractivity contribution in [1.29, 1.82) is 0 Å². The van der Waals surface area contributed by atoms with Gasteiger partial charge in [0, 0.05) is 20.2 Å². The highest BCUT2D eigenvalue weighted by Crippen LogP contribution is 2.40. The summed E-state index contributed by atoms with van der Waals surface area (Å²) in [6, 6.07) is 8.43. The Bertz CT molecular complexity index is 651. The molecule has 0 saturated heterocycles.